The van der Waals surface area contributed by atoms with Gasteiger partial charge in [0.25, 0.3) is 0 Å². The molecule has 2 amide bonds. The Balaban J connectivity index is 1.84. The zero-order valence-electron chi connectivity index (χ0n) is 18.9. The van der Waals surface area contributed by atoms with Crippen molar-refractivity contribution in [1.29, 1.82) is 0 Å². The molecule has 1 aliphatic rings. The van der Waals surface area contributed by atoms with Gasteiger partial charge in [-0.15, -0.1) is 0 Å². The van der Waals surface area contributed by atoms with Crippen LogP contribution in [-0.2, 0) is 20.8 Å². The number of hydrogen-bond donors (Lipinski definition) is 2. The van der Waals surface area contributed by atoms with Crippen LogP contribution in [0, 0.1) is 5.92 Å². The van der Waals surface area contributed by atoms with Crippen molar-refractivity contribution in [3.8, 4) is 0 Å². The van der Waals surface area contributed by atoms with E-state index in [9.17, 15) is 9.59 Å². The Hall–Kier alpha value is -2.12. The fraction of sp³-hybridized carbons (Fsp3) is 0.652. The van der Waals surface area contributed by atoms with Crippen molar-refractivity contribution in [3.05, 3.63) is 35.9 Å². The predicted octanol–water partition coefficient (Wildman–Crippen LogP) is 2.94. The number of nitrogens with zero attached hydrogens (tertiary/aromatic N) is 1. The molecule has 1 unspecified atom stereocenters. The SMILES string of the molecule is CC(C)C[C@H](NC(=O)OC(C)(C)C)C(=O)NCC1CN(Cc2ccccc2)CCO1. The molecule has 7 heteroatoms. The number of ether oxygens (including phenoxy) is 2. The molecule has 2 atom stereocenters. The lowest BCUT2D eigenvalue weighted by molar-refractivity contribution is -0.124. The first-order chi connectivity index (χ1) is 14.1. The van der Waals surface area contributed by atoms with E-state index in [1.807, 2.05) is 32.0 Å². The van der Waals surface area contributed by atoms with Gasteiger partial charge in [-0.3, -0.25) is 9.69 Å². The minimum atomic E-state index is -0.635. The highest BCUT2D eigenvalue weighted by Gasteiger charge is 2.27. The monoisotopic (exact) mass is 419 g/mol. The Bertz CT molecular complexity index is 673. The van der Waals surface area contributed by atoms with Gasteiger partial charge in [0.1, 0.15) is 11.6 Å². The summed E-state index contributed by atoms with van der Waals surface area (Å²) in [5.41, 5.74) is 0.655. The number of rotatable bonds is 8. The van der Waals surface area contributed by atoms with Crippen LogP contribution in [0.5, 0.6) is 0 Å². The van der Waals surface area contributed by atoms with Crippen molar-refractivity contribution < 1.29 is 19.1 Å². The Morgan fingerprint density at radius 2 is 1.93 bits per heavy atom. The molecular weight excluding hydrogens is 382 g/mol. The van der Waals surface area contributed by atoms with Crippen molar-refractivity contribution in [2.45, 2.75) is 65.3 Å². The third kappa shape index (κ3) is 9.13. The smallest absolute Gasteiger partial charge is 0.408 e. The van der Waals surface area contributed by atoms with Crippen molar-refractivity contribution in [1.82, 2.24) is 15.5 Å². The van der Waals surface area contributed by atoms with E-state index in [2.05, 4.69) is 27.7 Å². The molecule has 1 fully saturated rings. The van der Waals surface area contributed by atoms with E-state index in [1.165, 1.54) is 5.56 Å². The van der Waals surface area contributed by atoms with Gasteiger partial charge in [-0.05, 0) is 38.7 Å². The van der Waals surface area contributed by atoms with Gasteiger partial charge in [0.05, 0.1) is 12.7 Å². The van der Waals surface area contributed by atoms with Gasteiger partial charge in [0, 0.05) is 26.2 Å². The van der Waals surface area contributed by atoms with Crippen LogP contribution in [0.2, 0.25) is 0 Å². The predicted molar refractivity (Wildman–Crippen MR) is 117 cm³/mol. The fourth-order valence-corrected chi connectivity index (χ4v) is 3.38. The molecule has 0 aromatic heterocycles. The molecular formula is C23H37N3O4. The highest BCUT2D eigenvalue weighted by molar-refractivity contribution is 5.85. The van der Waals surface area contributed by atoms with Crippen molar-refractivity contribution in [2.24, 2.45) is 5.92 Å². The maximum Gasteiger partial charge on any atom is 0.408 e. The van der Waals surface area contributed by atoms with E-state index >= 15 is 0 Å². The van der Waals surface area contributed by atoms with Gasteiger partial charge < -0.3 is 20.1 Å². The standard InChI is InChI=1S/C23H37N3O4/c1-17(2)13-20(25-22(28)30-23(3,4)5)21(27)24-14-19-16-26(11-12-29-19)15-18-9-7-6-8-10-18/h6-10,17,19-20H,11-16H2,1-5H3,(H,24,27)(H,25,28)/t19?,20-/m0/s1. The Labute approximate surface area is 180 Å². The second-order valence-corrected chi connectivity index (χ2v) is 9.29. The number of nitrogens with one attached hydrogen (secondary N) is 2. The second kappa shape index (κ2) is 11.3. The third-order valence-corrected chi connectivity index (χ3v) is 4.69. The molecule has 2 N–H and O–H groups in total. The molecule has 168 valence electrons. The molecule has 1 heterocycles. The Kier molecular flexibility index (Phi) is 9.11. The summed E-state index contributed by atoms with van der Waals surface area (Å²) >= 11 is 0. The number of benzene rings is 1. The van der Waals surface area contributed by atoms with Crippen molar-refractivity contribution in [3.63, 3.8) is 0 Å². The molecule has 0 radical (unpaired) electrons. The molecule has 0 saturated carbocycles. The van der Waals surface area contributed by atoms with E-state index in [4.69, 9.17) is 9.47 Å². The first-order valence-electron chi connectivity index (χ1n) is 10.8. The normalized spacial score (nSPS) is 18.7. The van der Waals surface area contributed by atoms with E-state index in [1.54, 1.807) is 20.8 Å². The van der Waals surface area contributed by atoms with E-state index in [0.29, 0.717) is 19.6 Å². The molecule has 0 aliphatic carbocycles. The van der Waals surface area contributed by atoms with E-state index in [-0.39, 0.29) is 17.9 Å². The lowest BCUT2D eigenvalue weighted by Crippen LogP contribution is -2.52. The van der Waals surface area contributed by atoms with Crippen molar-refractivity contribution in [2.75, 3.05) is 26.2 Å². The molecule has 30 heavy (non-hydrogen) atoms. The van der Waals surface area contributed by atoms with Gasteiger partial charge in [0.2, 0.25) is 5.91 Å². The maximum absolute atomic E-state index is 12.7. The summed E-state index contributed by atoms with van der Waals surface area (Å²) in [6.07, 6.45) is -0.115. The summed E-state index contributed by atoms with van der Waals surface area (Å²) in [5.74, 6) is 0.0429. The molecule has 7 nitrogen and oxygen atoms in total. The largest absolute Gasteiger partial charge is 0.444 e. The highest BCUT2D eigenvalue weighted by Crippen LogP contribution is 2.12. The minimum absolute atomic E-state index is 0.0763. The van der Waals surface area contributed by atoms with Crippen LogP contribution in [0.1, 0.15) is 46.6 Å². The molecule has 1 aromatic carbocycles. The molecule has 0 spiro atoms. The summed E-state index contributed by atoms with van der Waals surface area (Å²) in [5, 5.41) is 5.66. The molecule has 1 aliphatic heterocycles. The Morgan fingerprint density at radius 1 is 1.23 bits per heavy atom. The molecule has 0 bridgehead atoms. The average Bonchev–Trinajstić information content (AvgIpc) is 2.65. The summed E-state index contributed by atoms with van der Waals surface area (Å²) in [6.45, 7) is 13.0. The van der Waals surface area contributed by atoms with Crippen LogP contribution in [0.15, 0.2) is 30.3 Å². The summed E-state index contributed by atoms with van der Waals surface area (Å²) in [6, 6.07) is 9.69. The number of morpholine rings is 1. The van der Waals surface area contributed by atoms with Crippen LogP contribution in [-0.4, -0.2) is 60.9 Å². The van der Waals surface area contributed by atoms with Crippen LogP contribution >= 0.6 is 0 Å². The number of hydrogen-bond acceptors (Lipinski definition) is 5. The second-order valence-electron chi connectivity index (χ2n) is 9.29. The lowest BCUT2D eigenvalue weighted by atomic mass is 10.0. The fourth-order valence-electron chi connectivity index (χ4n) is 3.38. The van der Waals surface area contributed by atoms with Crippen molar-refractivity contribution >= 4 is 12.0 Å². The minimum Gasteiger partial charge on any atom is -0.444 e. The zero-order valence-corrected chi connectivity index (χ0v) is 18.9. The van der Waals surface area contributed by atoms with Gasteiger partial charge >= 0.3 is 6.09 Å². The first-order valence-corrected chi connectivity index (χ1v) is 10.8. The van der Waals surface area contributed by atoms with Gasteiger partial charge in [-0.1, -0.05) is 44.2 Å². The molecule has 1 saturated heterocycles. The lowest BCUT2D eigenvalue weighted by Gasteiger charge is -2.33. The van der Waals surface area contributed by atoms with Crippen LogP contribution in [0.25, 0.3) is 0 Å². The maximum atomic E-state index is 12.7. The third-order valence-electron chi connectivity index (χ3n) is 4.69. The summed E-state index contributed by atoms with van der Waals surface area (Å²) < 4.78 is 11.1. The summed E-state index contributed by atoms with van der Waals surface area (Å²) in [7, 11) is 0. The van der Waals surface area contributed by atoms with Crippen LogP contribution in [0.4, 0.5) is 4.79 Å². The number of amides is 2. The Morgan fingerprint density at radius 3 is 2.57 bits per heavy atom. The molecule has 2 rings (SSSR count). The highest BCUT2D eigenvalue weighted by atomic mass is 16.6. The quantitative estimate of drug-likeness (QED) is 0.677. The summed E-state index contributed by atoms with van der Waals surface area (Å²) in [4.78, 5) is 27.2. The van der Waals surface area contributed by atoms with E-state index in [0.717, 1.165) is 19.6 Å². The zero-order chi connectivity index (χ0) is 22.1. The van der Waals surface area contributed by atoms with Crippen LogP contribution < -0.4 is 10.6 Å². The molecule has 1 aromatic rings. The van der Waals surface area contributed by atoms with E-state index < -0.39 is 17.7 Å². The number of carbonyl (C=O) groups excluding carboxylic acids is 2. The van der Waals surface area contributed by atoms with Gasteiger partial charge in [0.15, 0.2) is 0 Å². The van der Waals surface area contributed by atoms with Gasteiger partial charge in [-0.2, -0.15) is 0 Å². The topological polar surface area (TPSA) is 79.9 Å². The van der Waals surface area contributed by atoms with Crippen LogP contribution in [0.3, 0.4) is 0 Å². The number of alkyl carbamates (subject to hydrolysis) is 1. The average molecular weight is 420 g/mol. The van der Waals surface area contributed by atoms with Gasteiger partial charge in [-0.25, -0.2) is 4.79 Å². The first kappa shape index (κ1) is 24.2. The number of carbonyl (C=O) groups is 2.